The summed E-state index contributed by atoms with van der Waals surface area (Å²) in [5, 5.41) is 5.68. The van der Waals surface area contributed by atoms with Crippen LogP contribution in [0.4, 0.5) is 8.78 Å². The van der Waals surface area contributed by atoms with Gasteiger partial charge >= 0.3 is 6.61 Å². The number of benzene rings is 1. The highest BCUT2D eigenvalue weighted by molar-refractivity contribution is 5.79. The third-order valence-electron chi connectivity index (χ3n) is 3.75. The first-order valence-corrected chi connectivity index (χ1v) is 8.33. The third kappa shape index (κ3) is 7.93. The van der Waals surface area contributed by atoms with Gasteiger partial charge in [0.1, 0.15) is 5.75 Å². The quantitative estimate of drug-likeness (QED) is 0.541. The monoisotopic (exact) mass is 356 g/mol. The molecule has 0 spiro atoms. The van der Waals surface area contributed by atoms with Crippen LogP contribution >= 0.6 is 0 Å². The minimum atomic E-state index is -2.84. The molecule has 1 aromatic rings. The smallest absolute Gasteiger partial charge is 0.387 e. The van der Waals surface area contributed by atoms with Gasteiger partial charge in [0.25, 0.3) is 11.8 Å². The highest BCUT2D eigenvalue weighted by Crippen LogP contribution is 2.18. The number of carbonyl (C=O) groups is 2. The van der Waals surface area contributed by atoms with Crippen LogP contribution in [-0.2, 0) is 16.0 Å². The lowest BCUT2D eigenvalue weighted by Crippen LogP contribution is -3.11. The summed E-state index contributed by atoms with van der Waals surface area (Å²) in [4.78, 5) is 24.3. The largest absolute Gasteiger partial charge is 0.435 e. The highest BCUT2D eigenvalue weighted by atomic mass is 19.3. The summed E-state index contributed by atoms with van der Waals surface area (Å²) in [6.07, 6.45) is 2.67. The summed E-state index contributed by atoms with van der Waals surface area (Å²) in [6, 6.07) is 6.64. The summed E-state index contributed by atoms with van der Waals surface area (Å²) in [7, 11) is 1.80. The van der Waals surface area contributed by atoms with E-state index in [0.717, 1.165) is 23.3 Å². The summed E-state index contributed by atoms with van der Waals surface area (Å²) in [5.41, 5.74) is 0.909. The third-order valence-corrected chi connectivity index (χ3v) is 3.75. The first-order valence-electron chi connectivity index (χ1n) is 8.33. The van der Waals surface area contributed by atoms with Crippen molar-refractivity contribution in [2.75, 3.05) is 26.7 Å². The van der Waals surface area contributed by atoms with Crippen LogP contribution in [0.15, 0.2) is 24.3 Å². The number of ether oxygens (including phenoxy) is 1. The fourth-order valence-corrected chi connectivity index (χ4v) is 2.36. The predicted octanol–water partition coefficient (Wildman–Crippen LogP) is -0.260. The van der Waals surface area contributed by atoms with E-state index in [1.54, 1.807) is 19.2 Å². The highest BCUT2D eigenvalue weighted by Gasteiger charge is 2.24. The zero-order chi connectivity index (χ0) is 18.2. The Balaban J connectivity index is 1.61. The molecule has 1 aliphatic carbocycles. The topological polar surface area (TPSA) is 71.9 Å². The maximum Gasteiger partial charge on any atom is 0.387 e. The Morgan fingerprint density at radius 2 is 1.84 bits per heavy atom. The van der Waals surface area contributed by atoms with Crippen LogP contribution < -0.4 is 20.3 Å². The molecule has 0 saturated heterocycles. The maximum atomic E-state index is 12.1. The van der Waals surface area contributed by atoms with Crippen molar-refractivity contribution in [1.82, 2.24) is 10.6 Å². The summed E-state index contributed by atoms with van der Waals surface area (Å²) in [5.74, 6) is -0.0502. The van der Waals surface area contributed by atoms with Crippen LogP contribution in [0.2, 0.25) is 0 Å². The molecule has 0 aromatic heterocycles. The van der Waals surface area contributed by atoms with Gasteiger partial charge in [-0.15, -0.1) is 0 Å². The Labute approximate surface area is 145 Å². The number of hydrogen-bond acceptors (Lipinski definition) is 3. The van der Waals surface area contributed by atoms with Gasteiger partial charge in [-0.1, -0.05) is 12.1 Å². The van der Waals surface area contributed by atoms with E-state index >= 15 is 0 Å². The lowest BCUT2D eigenvalue weighted by molar-refractivity contribution is -0.862. The van der Waals surface area contributed by atoms with Crippen molar-refractivity contribution in [3.8, 4) is 5.75 Å². The Morgan fingerprint density at radius 1 is 1.20 bits per heavy atom. The van der Waals surface area contributed by atoms with E-state index in [1.165, 1.54) is 12.1 Å². The number of halogens is 2. The fraction of sp³-hybridized carbons (Fsp3) is 0.529. The number of rotatable bonds is 10. The Bertz CT molecular complexity index is 577. The van der Waals surface area contributed by atoms with E-state index in [2.05, 4.69) is 15.4 Å². The summed E-state index contributed by atoms with van der Waals surface area (Å²) >= 11 is 0. The molecule has 0 radical (unpaired) electrons. The van der Waals surface area contributed by atoms with Crippen LogP contribution in [0.25, 0.3) is 0 Å². The van der Waals surface area contributed by atoms with Gasteiger partial charge in [0.05, 0.1) is 7.05 Å². The number of hydrogen-bond donors (Lipinski definition) is 3. The number of carbonyl (C=O) groups excluding carboxylic acids is 2. The van der Waals surface area contributed by atoms with Gasteiger partial charge in [0, 0.05) is 12.6 Å². The Morgan fingerprint density at radius 3 is 2.44 bits per heavy atom. The van der Waals surface area contributed by atoms with Gasteiger partial charge in [-0.3, -0.25) is 9.59 Å². The molecule has 0 bridgehead atoms. The Hall–Kier alpha value is -2.22. The molecular formula is C17H24F2N3O3+. The molecule has 1 aliphatic rings. The van der Waals surface area contributed by atoms with Gasteiger partial charge in [0.15, 0.2) is 13.1 Å². The SMILES string of the molecule is C[NH+](CC(=O)NCCc1ccc(OC(F)F)cc1)CC(=O)NC1CC1. The minimum Gasteiger partial charge on any atom is -0.435 e. The van der Waals surface area contributed by atoms with E-state index < -0.39 is 6.61 Å². The van der Waals surface area contributed by atoms with E-state index in [4.69, 9.17) is 0 Å². The molecule has 2 rings (SSSR count). The van der Waals surface area contributed by atoms with Crippen molar-refractivity contribution in [2.24, 2.45) is 0 Å². The van der Waals surface area contributed by atoms with Crippen LogP contribution in [0.3, 0.4) is 0 Å². The first-order chi connectivity index (χ1) is 11.9. The molecule has 3 N–H and O–H groups in total. The molecule has 6 nitrogen and oxygen atoms in total. The first kappa shape index (κ1) is 19.1. The molecule has 1 atom stereocenters. The second-order valence-corrected chi connectivity index (χ2v) is 6.27. The van der Waals surface area contributed by atoms with Gasteiger partial charge in [-0.2, -0.15) is 8.78 Å². The minimum absolute atomic E-state index is 0.0288. The number of nitrogens with one attached hydrogen (secondary N) is 3. The second kappa shape index (κ2) is 9.31. The average Bonchev–Trinajstić information content (AvgIpc) is 3.32. The van der Waals surface area contributed by atoms with E-state index in [9.17, 15) is 18.4 Å². The van der Waals surface area contributed by atoms with Crippen molar-refractivity contribution >= 4 is 11.8 Å². The van der Waals surface area contributed by atoms with Crippen LogP contribution in [0, 0.1) is 0 Å². The van der Waals surface area contributed by atoms with Crippen LogP contribution in [-0.4, -0.2) is 51.1 Å². The summed E-state index contributed by atoms with van der Waals surface area (Å²) < 4.78 is 28.4. The zero-order valence-electron chi connectivity index (χ0n) is 14.2. The molecule has 2 amide bonds. The van der Waals surface area contributed by atoms with Crippen molar-refractivity contribution in [3.63, 3.8) is 0 Å². The van der Waals surface area contributed by atoms with Crippen molar-refractivity contribution in [2.45, 2.75) is 31.9 Å². The van der Waals surface area contributed by atoms with Crippen molar-refractivity contribution in [3.05, 3.63) is 29.8 Å². The molecule has 1 saturated carbocycles. The van der Waals surface area contributed by atoms with Gasteiger partial charge in [0.2, 0.25) is 0 Å². The van der Waals surface area contributed by atoms with Gasteiger partial charge < -0.3 is 20.3 Å². The normalized spacial score (nSPS) is 14.9. The van der Waals surface area contributed by atoms with Crippen molar-refractivity contribution < 1.29 is 28.0 Å². The lowest BCUT2D eigenvalue weighted by Gasteiger charge is -2.13. The van der Waals surface area contributed by atoms with Gasteiger partial charge in [-0.25, -0.2) is 0 Å². The second-order valence-electron chi connectivity index (χ2n) is 6.27. The number of amides is 2. The van der Waals surface area contributed by atoms with Crippen LogP contribution in [0.1, 0.15) is 18.4 Å². The standard InChI is InChI=1S/C17H23F2N3O3/c1-22(11-16(24)21-13-4-5-13)10-15(23)20-9-8-12-2-6-14(7-3-12)25-17(18)19/h2-3,6-7,13,17H,4-5,8-11H2,1H3,(H,20,23)(H,21,24)/p+1. The molecule has 8 heteroatoms. The zero-order valence-corrected chi connectivity index (χ0v) is 14.2. The van der Waals surface area contributed by atoms with E-state index in [1.807, 2.05) is 0 Å². The van der Waals surface area contributed by atoms with Gasteiger partial charge in [-0.05, 0) is 37.0 Å². The molecule has 0 heterocycles. The number of quaternary nitrogens is 1. The van der Waals surface area contributed by atoms with E-state index in [-0.39, 0.29) is 30.7 Å². The molecule has 25 heavy (non-hydrogen) atoms. The fourth-order valence-electron chi connectivity index (χ4n) is 2.36. The molecule has 0 aliphatic heterocycles. The molecule has 1 unspecified atom stereocenters. The molecular weight excluding hydrogens is 332 g/mol. The molecule has 138 valence electrons. The van der Waals surface area contributed by atoms with Crippen LogP contribution in [0.5, 0.6) is 5.75 Å². The summed E-state index contributed by atoms with van der Waals surface area (Å²) in [6.45, 7) is -1.90. The lowest BCUT2D eigenvalue weighted by atomic mass is 10.1. The molecule has 1 aromatic carbocycles. The Kier molecular flexibility index (Phi) is 7.12. The number of likely N-dealkylation sites (N-methyl/N-ethyl adjacent to an activating group) is 1. The average molecular weight is 356 g/mol. The number of alkyl halides is 2. The predicted molar refractivity (Wildman–Crippen MR) is 87.6 cm³/mol. The molecule has 1 fully saturated rings. The maximum absolute atomic E-state index is 12.1. The van der Waals surface area contributed by atoms with E-state index in [0.29, 0.717) is 19.0 Å². The van der Waals surface area contributed by atoms with Crippen molar-refractivity contribution in [1.29, 1.82) is 0 Å².